The average molecular weight is 246 g/mol. The van der Waals surface area contributed by atoms with Crippen molar-refractivity contribution in [2.45, 2.75) is 6.92 Å². The van der Waals surface area contributed by atoms with Crippen LogP contribution in [0.3, 0.4) is 0 Å². The summed E-state index contributed by atoms with van der Waals surface area (Å²) in [6.45, 7) is 1.65. The summed E-state index contributed by atoms with van der Waals surface area (Å²) >= 11 is 3.21. The van der Waals surface area contributed by atoms with Crippen LogP contribution in [-0.4, -0.2) is 23.2 Å². The quantitative estimate of drug-likeness (QED) is 0.865. The number of aromatic nitrogens is 1. The molecule has 5 heteroatoms. The van der Waals surface area contributed by atoms with Crippen LogP contribution in [0.25, 0.3) is 0 Å². The van der Waals surface area contributed by atoms with Gasteiger partial charge in [0, 0.05) is 11.8 Å². The number of carboxylic acid groups (broad SMARTS) is 1. The molecular weight excluding hydrogens is 238 g/mol. The number of halogens is 1. The maximum atomic E-state index is 10.7. The molecule has 0 saturated carbocycles. The third-order valence-corrected chi connectivity index (χ3v) is 2.19. The molecule has 70 valence electrons. The normalized spacial score (nSPS) is 9.77. The molecule has 1 aromatic rings. The number of nitrogens with zero attached hydrogens (tertiary/aromatic N) is 1. The predicted octanol–water partition coefficient (Wildman–Crippen LogP) is 1.86. The fraction of sp³-hybridized carbons (Fsp3) is 0.250. The van der Waals surface area contributed by atoms with E-state index in [1.807, 2.05) is 0 Å². The molecule has 1 aromatic heterocycles. The van der Waals surface area contributed by atoms with Crippen molar-refractivity contribution in [3.8, 4) is 5.75 Å². The maximum Gasteiger partial charge on any atom is 0.354 e. The minimum absolute atomic E-state index is 0.0139. The zero-order valence-corrected chi connectivity index (χ0v) is 8.75. The molecule has 13 heavy (non-hydrogen) atoms. The number of carboxylic acids is 1. The van der Waals surface area contributed by atoms with E-state index in [1.165, 1.54) is 13.3 Å². The zero-order valence-electron chi connectivity index (χ0n) is 7.17. The van der Waals surface area contributed by atoms with E-state index in [4.69, 9.17) is 9.84 Å². The van der Waals surface area contributed by atoms with Crippen LogP contribution in [0, 0.1) is 6.92 Å². The smallest absolute Gasteiger partial charge is 0.354 e. The molecule has 1 heterocycles. The van der Waals surface area contributed by atoms with Crippen molar-refractivity contribution in [2.75, 3.05) is 7.11 Å². The Hall–Kier alpha value is -1.10. The van der Waals surface area contributed by atoms with Gasteiger partial charge >= 0.3 is 5.97 Å². The average Bonchev–Trinajstić information content (AvgIpc) is 2.04. The molecule has 0 atom stereocenters. The molecule has 0 bridgehead atoms. The van der Waals surface area contributed by atoms with Crippen molar-refractivity contribution in [1.82, 2.24) is 4.98 Å². The van der Waals surface area contributed by atoms with Gasteiger partial charge in [0.2, 0.25) is 0 Å². The number of hydrogen-bond donors (Lipinski definition) is 1. The lowest BCUT2D eigenvalue weighted by molar-refractivity contribution is 0.0689. The topological polar surface area (TPSA) is 59.4 Å². The number of ether oxygens (including phenoxy) is 1. The Kier molecular flexibility index (Phi) is 2.87. The van der Waals surface area contributed by atoms with E-state index in [0.29, 0.717) is 15.8 Å². The first kappa shape index (κ1) is 9.98. The fourth-order valence-electron chi connectivity index (χ4n) is 1.03. The Morgan fingerprint density at radius 3 is 2.77 bits per heavy atom. The molecule has 1 rings (SSSR count). The second-order valence-electron chi connectivity index (χ2n) is 2.42. The number of rotatable bonds is 2. The van der Waals surface area contributed by atoms with Gasteiger partial charge in [0.05, 0.1) is 11.6 Å². The van der Waals surface area contributed by atoms with Crippen molar-refractivity contribution >= 4 is 21.9 Å². The van der Waals surface area contributed by atoms with Gasteiger partial charge in [-0.05, 0) is 22.9 Å². The summed E-state index contributed by atoms with van der Waals surface area (Å²) < 4.78 is 5.67. The monoisotopic (exact) mass is 245 g/mol. The Balaban J connectivity index is 3.35. The standard InChI is InChI=1S/C8H8BrNO3/c1-4-6(8(11)12)10-3-5(9)7(4)13-2/h3H,1-2H3,(H,11,12). The molecule has 0 aromatic carbocycles. The first-order valence-electron chi connectivity index (χ1n) is 3.50. The summed E-state index contributed by atoms with van der Waals surface area (Å²) in [6, 6.07) is 0. The van der Waals surface area contributed by atoms with Crippen molar-refractivity contribution in [1.29, 1.82) is 0 Å². The second kappa shape index (κ2) is 3.74. The summed E-state index contributed by atoms with van der Waals surface area (Å²) in [5.41, 5.74) is 0.532. The Morgan fingerprint density at radius 2 is 2.31 bits per heavy atom. The Labute approximate surface area is 83.7 Å². The first-order valence-corrected chi connectivity index (χ1v) is 4.29. The summed E-state index contributed by atoms with van der Waals surface area (Å²) in [5, 5.41) is 8.74. The van der Waals surface area contributed by atoms with Crippen LogP contribution in [-0.2, 0) is 0 Å². The van der Waals surface area contributed by atoms with Crippen LogP contribution in [0.4, 0.5) is 0 Å². The van der Waals surface area contributed by atoms with Gasteiger partial charge in [-0.15, -0.1) is 0 Å². The largest absolute Gasteiger partial charge is 0.495 e. The molecule has 0 unspecified atom stereocenters. The molecule has 0 aliphatic heterocycles. The van der Waals surface area contributed by atoms with E-state index in [-0.39, 0.29) is 5.69 Å². The van der Waals surface area contributed by atoms with Crippen molar-refractivity contribution < 1.29 is 14.6 Å². The highest BCUT2D eigenvalue weighted by Gasteiger charge is 2.14. The SMILES string of the molecule is COc1c(Br)cnc(C(=O)O)c1C. The van der Waals surface area contributed by atoms with Gasteiger partial charge in [-0.3, -0.25) is 0 Å². The first-order chi connectivity index (χ1) is 6.07. The lowest BCUT2D eigenvalue weighted by atomic mass is 10.2. The van der Waals surface area contributed by atoms with E-state index >= 15 is 0 Å². The summed E-state index contributed by atoms with van der Waals surface area (Å²) in [7, 11) is 1.48. The summed E-state index contributed by atoms with van der Waals surface area (Å²) in [6.07, 6.45) is 1.41. The third-order valence-electron chi connectivity index (χ3n) is 1.63. The van der Waals surface area contributed by atoms with Crippen LogP contribution in [0.2, 0.25) is 0 Å². The van der Waals surface area contributed by atoms with Gasteiger partial charge in [-0.25, -0.2) is 9.78 Å². The predicted molar refractivity (Wildman–Crippen MR) is 50.2 cm³/mol. The minimum Gasteiger partial charge on any atom is -0.495 e. The van der Waals surface area contributed by atoms with E-state index < -0.39 is 5.97 Å². The lowest BCUT2D eigenvalue weighted by Crippen LogP contribution is -2.05. The molecule has 0 saturated heterocycles. The van der Waals surface area contributed by atoms with Crippen molar-refractivity contribution in [2.24, 2.45) is 0 Å². The number of methoxy groups -OCH3 is 1. The highest BCUT2D eigenvalue weighted by atomic mass is 79.9. The summed E-state index contributed by atoms with van der Waals surface area (Å²) in [4.78, 5) is 14.4. The van der Waals surface area contributed by atoms with E-state index in [1.54, 1.807) is 6.92 Å². The molecule has 0 spiro atoms. The molecule has 0 fully saturated rings. The van der Waals surface area contributed by atoms with Crippen LogP contribution in [0.1, 0.15) is 16.1 Å². The molecule has 4 nitrogen and oxygen atoms in total. The van der Waals surface area contributed by atoms with E-state index in [9.17, 15) is 4.79 Å². The van der Waals surface area contributed by atoms with E-state index in [0.717, 1.165) is 0 Å². The van der Waals surface area contributed by atoms with Crippen LogP contribution in [0.5, 0.6) is 5.75 Å². The van der Waals surface area contributed by atoms with Gasteiger partial charge in [-0.1, -0.05) is 0 Å². The summed E-state index contributed by atoms with van der Waals surface area (Å²) in [5.74, 6) is -0.546. The highest BCUT2D eigenvalue weighted by Crippen LogP contribution is 2.28. The van der Waals surface area contributed by atoms with Gasteiger partial charge in [0.1, 0.15) is 5.75 Å². The Bertz CT molecular complexity index is 351. The Morgan fingerprint density at radius 1 is 1.69 bits per heavy atom. The molecular formula is C8H8BrNO3. The van der Waals surface area contributed by atoms with Crippen molar-refractivity contribution in [3.63, 3.8) is 0 Å². The third kappa shape index (κ3) is 1.80. The fourth-order valence-corrected chi connectivity index (χ4v) is 1.59. The van der Waals surface area contributed by atoms with E-state index in [2.05, 4.69) is 20.9 Å². The lowest BCUT2D eigenvalue weighted by Gasteiger charge is -2.07. The highest BCUT2D eigenvalue weighted by molar-refractivity contribution is 9.10. The zero-order chi connectivity index (χ0) is 10.0. The van der Waals surface area contributed by atoms with Crippen molar-refractivity contribution in [3.05, 3.63) is 21.9 Å². The van der Waals surface area contributed by atoms with Gasteiger partial charge in [0.25, 0.3) is 0 Å². The van der Waals surface area contributed by atoms with Gasteiger partial charge in [-0.2, -0.15) is 0 Å². The molecule has 0 aliphatic rings. The molecule has 0 aliphatic carbocycles. The number of pyridine rings is 1. The van der Waals surface area contributed by atoms with Crippen LogP contribution in [0.15, 0.2) is 10.7 Å². The van der Waals surface area contributed by atoms with Crippen LogP contribution < -0.4 is 4.74 Å². The molecule has 0 amide bonds. The van der Waals surface area contributed by atoms with Crippen LogP contribution >= 0.6 is 15.9 Å². The maximum absolute atomic E-state index is 10.7. The van der Waals surface area contributed by atoms with Gasteiger partial charge < -0.3 is 9.84 Å². The number of carbonyl (C=O) groups is 1. The number of hydrogen-bond acceptors (Lipinski definition) is 3. The minimum atomic E-state index is -1.05. The second-order valence-corrected chi connectivity index (χ2v) is 3.27. The van der Waals surface area contributed by atoms with Gasteiger partial charge in [0.15, 0.2) is 5.69 Å². The molecule has 1 N–H and O–H groups in total. The number of aromatic carboxylic acids is 1. The molecule has 0 radical (unpaired) electrons.